The maximum absolute atomic E-state index is 5.04. The molecule has 0 atom stereocenters. The van der Waals surface area contributed by atoms with E-state index in [0.29, 0.717) is 0 Å². The molecule has 0 aliphatic carbocycles. The molecule has 0 saturated heterocycles. The lowest BCUT2D eigenvalue weighted by atomic mass is 10.00. The average Bonchev–Trinajstić information content (AvgIpc) is 2.83. The van der Waals surface area contributed by atoms with Gasteiger partial charge in [0.05, 0.1) is 11.4 Å². The number of hydrogen-bond donors (Lipinski definition) is 1. The van der Waals surface area contributed by atoms with E-state index in [4.69, 9.17) is 5.10 Å². The predicted molar refractivity (Wildman–Crippen MR) is 105 cm³/mol. The van der Waals surface area contributed by atoms with Crippen LogP contribution in [0.1, 0.15) is 36.5 Å². The van der Waals surface area contributed by atoms with Crippen molar-refractivity contribution in [1.82, 2.24) is 9.78 Å². The van der Waals surface area contributed by atoms with E-state index in [-0.39, 0.29) is 0 Å². The minimum Gasteiger partial charge on any atom is -0.370 e. The van der Waals surface area contributed by atoms with Gasteiger partial charge in [-0.3, -0.25) is 0 Å². The van der Waals surface area contributed by atoms with E-state index >= 15 is 0 Å². The van der Waals surface area contributed by atoms with Gasteiger partial charge in [-0.1, -0.05) is 43.3 Å². The quantitative estimate of drug-likeness (QED) is 0.718. The Morgan fingerprint density at radius 1 is 1.04 bits per heavy atom. The number of rotatable bonds is 3. The lowest BCUT2D eigenvalue weighted by Gasteiger charge is -2.09. The second-order valence-corrected chi connectivity index (χ2v) is 6.81. The van der Waals surface area contributed by atoms with Crippen LogP contribution in [0.15, 0.2) is 48.5 Å². The summed E-state index contributed by atoms with van der Waals surface area (Å²) in [5, 5.41) is 8.68. The molecule has 1 aliphatic heterocycles. The number of aromatic nitrogens is 2. The minimum atomic E-state index is 1.01. The van der Waals surface area contributed by atoms with Crippen molar-refractivity contribution in [2.45, 2.75) is 39.5 Å². The lowest BCUT2D eigenvalue weighted by Crippen LogP contribution is -2.07. The maximum Gasteiger partial charge on any atom is 0.133 e. The summed E-state index contributed by atoms with van der Waals surface area (Å²) in [6.07, 6.45) is 4.55. The number of benzene rings is 2. The van der Waals surface area contributed by atoms with Crippen LogP contribution in [-0.2, 0) is 12.8 Å². The van der Waals surface area contributed by atoms with Gasteiger partial charge in [-0.05, 0) is 55.9 Å². The van der Waals surface area contributed by atoms with Gasteiger partial charge in [0.15, 0.2) is 0 Å². The highest BCUT2D eigenvalue weighted by atomic mass is 15.3. The minimum absolute atomic E-state index is 1.01. The molecule has 2 aromatic carbocycles. The Morgan fingerprint density at radius 3 is 2.60 bits per heavy atom. The normalized spacial score (nSPS) is 13.8. The molecule has 3 heteroatoms. The van der Waals surface area contributed by atoms with Crippen LogP contribution in [-0.4, -0.2) is 16.3 Å². The number of nitrogens with zero attached hydrogens (tertiary/aromatic N) is 2. The molecule has 0 spiro atoms. The fraction of sp³-hybridized carbons (Fsp3) is 0.318. The second kappa shape index (κ2) is 6.75. The third-order valence-corrected chi connectivity index (χ3v) is 5.12. The molecule has 3 nitrogen and oxygen atoms in total. The molecule has 25 heavy (non-hydrogen) atoms. The van der Waals surface area contributed by atoms with Crippen molar-refractivity contribution in [3.05, 3.63) is 65.2 Å². The molecule has 2 heterocycles. The number of anilines is 1. The van der Waals surface area contributed by atoms with Crippen LogP contribution in [0.25, 0.3) is 16.9 Å². The summed E-state index contributed by atoms with van der Waals surface area (Å²) in [6, 6.07) is 17.3. The van der Waals surface area contributed by atoms with E-state index in [0.717, 1.165) is 30.8 Å². The topological polar surface area (TPSA) is 29.9 Å². The molecule has 1 N–H and O–H groups in total. The largest absolute Gasteiger partial charge is 0.370 e. The summed E-state index contributed by atoms with van der Waals surface area (Å²) in [6.45, 7) is 5.37. The molecule has 0 bridgehead atoms. The highest BCUT2D eigenvalue weighted by Crippen LogP contribution is 2.35. The van der Waals surface area contributed by atoms with Gasteiger partial charge in [0.1, 0.15) is 5.82 Å². The Kier molecular flexibility index (Phi) is 4.31. The van der Waals surface area contributed by atoms with Crippen LogP contribution < -0.4 is 5.32 Å². The molecule has 0 unspecified atom stereocenters. The molecule has 0 amide bonds. The van der Waals surface area contributed by atoms with E-state index in [9.17, 15) is 0 Å². The number of fused-ring (bicyclic) bond motifs is 1. The van der Waals surface area contributed by atoms with E-state index in [1.807, 2.05) is 0 Å². The molecule has 0 radical (unpaired) electrons. The van der Waals surface area contributed by atoms with Gasteiger partial charge < -0.3 is 5.32 Å². The summed E-state index contributed by atoms with van der Waals surface area (Å²) in [7, 11) is 0. The smallest absolute Gasteiger partial charge is 0.133 e. The van der Waals surface area contributed by atoms with Crippen LogP contribution in [0.2, 0.25) is 0 Å². The Balaban J connectivity index is 1.88. The molecule has 128 valence electrons. The lowest BCUT2D eigenvalue weighted by molar-refractivity contribution is 0.780. The third-order valence-electron chi connectivity index (χ3n) is 5.12. The van der Waals surface area contributed by atoms with Gasteiger partial charge in [-0.2, -0.15) is 5.10 Å². The van der Waals surface area contributed by atoms with E-state index in [1.54, 1.807) is 0 Å². The number of aryl methyl sites for hydroxylation is 2. The Hall–Kier alpha value is -2.55. The zero-order valence-electron chi connectivity index (χ0n) is 15.0. The van der Waals surface area contributed by atoms with Crippen LogP contribution in [0.4, 0.5) is 5.82 Å². The fourth-order valence-corrected chi connectivity index (χ4v) is 3.62. The van der Waals surface area contributed by atoms with Crippen molar-refractivity contribution >= 4 is 5.82 Å². The van der Waals surface area contributed by atoms with Crippen LogP contribution in [0.5, 0.6) is 0 Å². The maximum atomic E-state index is 5.04. The molecular formula is C22H25N3. The van der Waals surface area contributed by atoms with Gasteiger partial charge >= 0.3 is 0 Å². The Morgan fingerprint density at radius 2 is 1.84 bits per heavy atom. The van der Waals surface area contributed by atoms with E-state index < -0.39 is 0 Å². The van der Waals surface area contributed by atoms with E-state index in [1.165, 1.54) is 40.9 Å². The van der Waals surface area contributed by atoms with Crippen molar-refractivity contribution in [3.8, 4) is 16.9 Å². The summed E-state index contributed by atoms with van der Waals surface area (Å²) >= 11 is 0. The summed E-state index contributed by atoms with van der Waals surface area (Å²) in [4.78, 5) is 0. The highest BCUT2D eigenvalue weighted by Gasteiger charge is 2.22. The molecule has 0 fully saturated rings. The SMILES string of the molecule is CCc1ccc(-n2nc(-c3ccccc3C)c3c2NCCCC3)cc1. The second-order valence-electron chi connectivity index (χ2n) is 6.81. The van der Waals surface area contributed by atoms with Gasteiger partial charge in [0, 0.05) is 17.7 Å². The molecule has 3 aromatic rings. The Bertz CT molecular complexity index is 875. The Labute approximate surface area is 149 Å². The van der Waals surface area contributed by atoms with Crippen LogP contribution >= 0.6 is 0 Å². The van der Waals surface area contributed by atoms with Crippen LogP contribution in [0, 0.1) is 6.92 Å². The first-order valence-electron chi connectivity index (χ1n) is 9.29. The van der Waals surface area contributed by atoms with Crippen molar-refractivity contribution in [3.63, 3.8) is 0 Å². The molecule has 1 aliphatic rings. The zero-order valence-corrected chi connectivity index (χ0v) is 15.0. The molecule has 4 rings (SSSR count). The first-order valence-corrected chi connectivity index (χ1v) is 9.29. The number of hydrogen-bond acceptors (Lipinski definition) is 2. The van der Waals surface area contributed by atoms with Crippen molar-refractivity contribution in [2.24, 2.45) is 0 Å². The monoisotopic (exact) mass is 331 g/mol. The fourth-order valence-electron chi connectivity index (χ4n) is 3.62. The standard InChI is InChI=1S/C22H25N3/c1-3-17-11-13-18(14-12-17)25-22-20(10-6-7-15-23-22)21(24-25)19-9-5-4-8-16(19)2/h4-5,8-9,11-14,23H,3,6-7,10,15H2,1-2H3. The zero-order chi connectivity index (χ0) is 17.2. The first kappa shape index (κ1) is 15.9. The van der Waals surface area contributed by atoms with E-state index in [2.05, 4.69) is 72.4 Å². The number of nitrogens with one attached hydrogen (secondary N) is 1. The molecule has 1 aromatic heterocycles. The van der Waals surface area contributed by atoms with Crippen molar-refractivity contribution in [1.29, 1.82) is 0 Å². The van der Waals surface area contributed by atoms with Gasteiger partial charge in [0.25, 0.3) is 0 Å². The summed E-state index contributed by atoms with van der Waals surface area (Å²) in [5.74, 6) is 1.17. The highest BCUT2D eigenvalue weighted by molar-refractivity contribution is 5.73. The van der Waals surface area contributed by atoms with Gasteiger partial charge in [-0.25, -0.2) is 4.68 Å². The summed E-state index contributed by atoms with van der Waals surface area (Å²) in [5.41, 5.74) is 7.48. The molecule has 0 saturated carbocycles. The third kappa shape index (κ3) is 2.95. The average molecular weight is 331 g/mol. The summed E-state index contributed by atoms with van der Waals surface area (Å²) < 4.78 is 2.10. The van der Waals surface area contributed by atoms with Crippen LogP contribution in [0.3, 0.4) is 0 Å². The van der Waals surface area contributed by atoms with Crippen molar-refractivity contribution in [2.75, 3.05) is 11.9 Å². The van der Waals surface area contributed by atoms with Gasteiger partial charge in [0.2, 0.25) is 0 Å². The van der Waals surface area contributed by atoms with Crippen molar-refractivity contribution < 1.29 is 0 Å². The first-order chi connectivity index (χ1) is 12.3. The predicted octanol–water partition coefficient (Wildman–Crippen LogP) is 5.16. The molecular weight excluding hydrogens is 306 g/mol. The van der Waals surface area contributed by atoms with Gasteiger partial charge in [-0.15, -0.1) is 0 Å².